The molecule has 0 fully saturated rings. The van der Waals surface area contributed by atoms with Crippen LogP contribution in [0.1, 0.15) is 41.0 Å². The predicted molar refractivity (Wildman–Crippen MR) is 122 cm³/mol. The maximum Gasteiger partial charge on any atom is 0.242 e. The second-order valence-electron chi connectivity index (χ2n) is 7.12. The molecule has 0 radical (unpaired) electrons. The monoisotopic (exact) mass is 599 g/mol. The third-order valence-electron chi connectivity index (χ3n) is 4.43. The highest BCUT2D eigenvalue weighted by atomic mass is 128. The number of carbonyl (C=O) groups is 2. The second kappa shape index (κ2) is 15.2. The van der Waals surface area contributed by atoms with Gasteiger partial charge in [0.25, 0.3) is 0 Å². The Kier molecular flexibility index (Phi) is 16.7. The smallest absolute Gasteiger partial charge is 0.242 e. The molecule has 5 unspecified atom stereocenters. The molecule has 0 bridgehead atoms. The zero-order chi connectivity index (χ0) is 21.0. The molecule has 0 aromatic carbocycles. The molecule has 0 rings (SSSR count). The van der Waals surface area contributed by atoms with Gasteiger partial charge < -0.3 is 25.7 Å². The summed E-state index contributed by atoms with van der Waals surface area (Å²) in [6.07, 6.45) is -1.09. The van der Waals surface area contributed by atoms with Crippen molar-refractivity contribution in [2.75, 3.05) is 20.6 Å². The van der Waals surface area contributed by atoms with Crippen LogP contribution >= 0.6 is 37.2 Å². The Morgan fingerprint density at radius 3 is 1.88 bits per heavy atom. The summed E-state index contributed by atoms with van der Waals surface area (Å²) < 4.78 is 0. The molecular formula is C17H35I2N3O4. The third-order valence-corrected chi connectivity index (χ3v) is 4.43. The highest BCUT2D eigenvalue weighted by Gasteiger charge is 2.26. The summed E-state index contributed by atoms with van der Waals surface area (Å²) in [5, 5.41) is 24.4. The van der Waals surface area contributed by atoms with Gasteiger partial charge in [-0.2, -0.15) is 0 Å². The van der Waals surface area contributed by atoms with Crippen LogP contribution in [-0.4, -0.2) is 71.9 Å². The molecule has 0 saturated carbocycles. The van der Waals surface area contributed by atoms with Gasteiger partial charge in [0.15, 0.2) is 0 Å². The van der Waals surface area contributed by atoms with E-state index in [1.54, 1.807) is 13.8 Å². The molecule has 0 aromatic rings. The lowest BCUT2D eigenvalue weighted by Gasteiger charge is -2.26. The van der Waals surface area contributed by atoms with E-state index in [1.807, 2.05) is 27.9 Å². The maximum absolute atomic E-state index is 12.3. The van der Waals surface area contributed by atoms with Crippen molar-refractivity contribution in [3.8, 4) is 0 Å². The van der Waals surface area contributed by atoms with Gasteiger partial charge >= 0.3 is 0 Å². The van der Waals surface area contributed by atoms with Gasteiger partial charge in [-0.3, -0.25) is 9.59 Å². The normalized spacial score (nSPS) is 17.8. The zero-order valence-electron chi connectivity index (χ0n) is 16.8. The van der Waals surface area contributed by atoms with Crippen LogP contribution in [0.15, 0.2) is 0 Å². The van der Waals surface area contributed by atoms with E-state index in [9.17, 15) is 19.8 Å². The fourth-order valence-electron chi connectivity index (χ4n) is 2.23. The molecular weight excluding hydrogens is 564 g/mol. The minimum atomic E-state index is -1.05. The summed E-state index contributed by atoms with van der Waals surface area (Å²) in [7, 11) is 3.99. The number of carbonyl (C=O) groups excluding carboxylic acids is 2. The van der Waals surface area contributed by atoms with E-state index in [0.29, 0.717) is 0 Å². The first-order chi connectivity index (χ1) is 12.0. The second-order valence-corrected chi connectivity index (χ2v) is 7.12. The average molecular weight is 599 g/mol. The molecule has 0 aliphatic heterocycles. The summed E-state index contributed by atoms with van der Waals surface area (Å²) in [5.41, 5.74) is 0. The van der Waals surface area contributed by atoms with Crippen molar-refractivity contribution >= 4 is 49.0 Å². The minimum Gasteiger partial charge on any atom is -0.391 e. The molecule has 0 aliphatic rings. The van der Waals surface area contributed by atoms with Crippen LogP contribution in [0.3, 0.4) is 0 Å². The van der Waals surface area contributed by atoms with Crippen molar-refractivity contribution in [2.45, 2.75) is 65.3 Å². The number of rotatable bonds is 10. The Morgan fingerprint density at radius 1 is 0.962 bits per heavy atom. The van der Waals surface area contributed by atoms with Gasteiger partial charge in [-0.15, -0.1) is 0 Å². The van der Waals surface area contributed by atoms with Crippen LogP contribution in [0, 0.1) is 11.8 Å². The number of halogens is 2. The van der Waals surface area contributed by atoms with Crippen LogP contribution in [0.4, 0.5) is 0 Å². The molecule has 156 valence electrons. The summed E-state index contributed by atoms with van der Waals surface area (Å²) in [6.45, 7) is 9.46. The SMILES string of the molecule is CC(NC(=O)C(C)C(C)CCN(C)C)C(=O)NC(C)[C@@H](O)C(C)O.II. The molecule has 0 heterocycles. The first-order valence-corrected chi connectivity index (χ1v) is 15.0. The van der Waals surface area contributed by atoms with E-state index in [4.69, 9.17) is 0 Å². The number of hydrogen-bond donors (Lipinski definition) is 4. The highest BCUT2D eigenvalue weighted by molar-refractivity contribution is 15.0. The number of aliphatic hydroxyl groups excluding tert-OH is 2. The summed E-state index contributed by atoms with van der Waals surface area (Å²) in [5.74, 6) is -0.532. The lowest BCUT2D eigenvalue weighted by Crippen LogP contribution is -2.53. The highest BCUT2D eigenvalue weighted by Crippen LogP contribution is 2.15. The van der Waals surface area contributed by atoms with Gasteiger partial charge in [-0.25, -0.2) is 0 Å². The largest absolute Gasteiger partial charge is 0.391 e. The Labute approximate surface area is 181 Å². The molecule has 26 heavy (non-hydrogen) atoms. The van der Waals surface area contributed by atoms with E-state index < -0.39 is 24.3 Å². The van der Waals surface area contributed by atoms with Crippen molar-refractivity contribution in [2.24, 2.45) is 11.8 Å². The molecule has 0 saturated heterocycles. The molecule has 0 aliphatic carbocycles. The van der Waals surface area contributed by atoms with Crippen LogP contribution in [0.25, 0.3) is 0 Å². The fraction of sp³-hybridized carbons (Fsp3) is 0.882. The van der Waals surface area contributed by atoms with Crippen LogP contribution in [0.2, 0.25) is 0 Å². The summed E-state index contributed by atoms with van der Waals surface area (Å²) in [4.78, 5) is 26.5. The number of hydrogen-bond acceptors (Lipinski definition) is 5. The van der Waals surface area contributed by atoms with E-state index >= 15 is 0 Å². The lowest BCUT2D eigenvalue weighted by atomic mass is 9.91. The predicted octanol–water partition coefficient (Wildman–Crippen LogP) is 1.73. The van der Waals surface area contributed by atoms with E-state index in [0.717, 1.165) is 13.0 Å². The van der Waals surface area contributed by atoms with Crippen LogP contribution < -0.4 is 10.6 Å². The van der Waals surface area contributed by atoms with E-state index in [2.05, 4.69) is 52.8 Å². The lowest BCUT2D eigenvalue weighted by molar-refractivity contribution is -0.132. The molecule has 0 aromatic heterocycles. The van der Waals surface area contributed by atoms with Gasteiger partial charge in [-0.1, -0.05) is 13.8 Å². The summed E-state index contributed by atoms with van der Waals surface area (Å²) in [6, 6.07) is -1.31. The number of nitrogens with zero attached hydrogens (tertiary/aromatic N) is 1. The zero-order valence-corrected chi connectivity index (χ0v) is 21.1. The van der Waals surface area contributed by atoms with Crippen LogP contribution in [-0.2, 0) is 9.59 Å². The third kappa shape index (κ3) is 11.9. The number of amides is 2. The quantitative estimate of drug-likeness (QED) is 0.287. The Balaban J connectivity index is 0. The molecule has 6 atom stereocenters. The van der Waals surface area contributed by atoms with Crippen molar-refractivity contribution < 1.29 is 19.8 Å². The number of aliphatic hydroxyl groups is 2. The molecule has 2 amide bonds. The molecule has 7 nitrogen and oxygen atoms in total. The minimum absolute atomic E-state index is 0.160. The fourth-order valence-corrected chi connectivity index (χ4v) is 2.23. The standard InChI is InChI=1S/C17H35N3O4.I2/c1-10(8-9-20(6)7)11(2)16(23)19-13(4)17(24)18-12(3)15(22)14(5)21;1-2/h10-15,21-22H,8-9H2,1-7H3,(H,18,24)(H,19,23);/t10?,11?,12?,13?,14?,15-;/m1./s1. The maximum atomic E-state index is 12.3. The average Bonchev–Trinajstić information content (AvgIpc) is 2.59. The first-order valence-electron chi connectivity index (χ1n) is 8.73. The van der Waals surface area contributed by atoms with Gasteiger partial charge in [0.05, 0.1) is 18.2 Å². The summed E-state index contributed by atoms with van der Waals surface area (Å²) >= 11 is 4.24. The first kappa shape index (κ1) is 28.5. The molecule has 9 heteroatoms. The van der Waals surface area contributed by atoms with Crippen molar-refractivity contribution in [1.82, 2.24) is 15.5 Å². The molecule has 4 N–H and O–H groups in total. The van der Waals surface area contributed by atoms with Gasteiger partial charge in [0.1, 0.15) is 6.04 Å². The van der Waals surface area contributed by atoms with Crippen molar-refractivity contribution in [1.29, 1.82) is 0 Å². The van der Waals surface area contributed by atoms with Crippen LogP contribution in [0.5, 0.6) is 0 Å². The van der Waals surface area contributed by atoms with Gasteiger partial charge in [-0.05, 0) is 53.8 Å². The van der Waals surface area contributed by atoms with E-state index in [-0.39, 0.29) is 23.7 Å². The van der Waals surface area contributed by atoms with Gasteiger partial charge in [0, 0.05) is 43.1 Å². The van der Waals surface area contributed by atoms with E-state index in [1.165, 1.54) is 6.92 Å². The number of nitrogens with one attached hydrogen (secondary N) is 2. The van der Waals surface area contributed by atoms with Gasteiger partial charge in [0.2, 0.25) is 11.8 Å². The van der Waals surface area contributed by atoms with Crippen molar-refractivity contribution in [3.63, 3.8) is 0 Å². The topological polar surface area (TPSA) is 102 Å². The van der Waals surface area contributed by atoms with Crippen molar-refractivity contribution in [3.05, 3.63) is 0 Å². The Morgan fingerprint density at radius 2 is 1.46 bits per heavy atom. The Hall–Kier alpha value is 0.280. The molecule has 0 spiro atoms. The Bertz CT molecular complexity index is 411.